The van der Waals surface area contributed by atoms with Gasteiger partial charge in [0.05, 0.1) is 0 Å². The summed E-state index contributed by atoms with van der Waals surface area (Å²) in [6.45, 7) is 0. The molecule has 12 heteroatoms. The summed E-state index contributed by atoms with van der Waals surface area (Å²) in [6, 6.07) is 0. The molecular weight excluding hydrogens is 287 g/mol. The van der Waals surface area contributed by atoms with Gasteiger partial charge in [-0.3, -0.25) is 18.2 Å². The fraction of sp³-hybridized carbons (Fsp3) is 0. The molecule has 0 bridgehead atoms. The zero-order chi connectivity index (χ0) is 9.00. The summed E-state index contributed by atoms with van der Waals surface area (Å²) in [6.07, 6.45) is 0. The maximum atomic E-state index is 8.74. The van der Waals surface area contributed by atoms with Gasteiger partial charge in [-0.2, -0.15) is 16.8 Å². The fourth-order valence-electron chi connectivity index (χ4n) is 0. The van der Waals surface area contributed by atoms with Crippen molar-refractivity contribution in [2.45, 2.75) is 0 Å². The number of hydrogen-bond donors (Lipinski definition) is 4. The summed E-state index contributed by atoms with van der Waals surface area (Å²) in [5, 5.41) is 0. The normalized spacial score (nSPS) is 9.67. The molecule has 0 fully saturated rings. The molecular formula is H5FeKO8S2. The van der Waals surface area contributed by atoms with Crippen molar-refractivity contribution >= 4 is 72.2 Å². The molecule has 0 radical (unpaired) electrons. The Balaban J connectivity index is -0.0000000457. The molecule has 0 unspecified atom stereocenters. The van der Waals surface area contributed by atoms with E-state index < -0.39 is 20.8 Å². The summed E-state index contributed by atoms with van der Waals surface area (Å²) in [5.41, 5.74) is 0. The minimum atomic E-state index is -4.67. The predicted molar refractivity (Wildman–Crippen MR) is 35.5 cm³/mol. The summed E-state index contributed by atoms with van der Waals surface area (Å²) in [5.74, 6) is 0. The van der Waals surface area contributed by atoms with E-state index in [1.807, 2.05) is 0 Å². The Kier molecular flexibility index (Phi) is 18.6. The van der Waals surface area contributed by atoms with Crippen molar-refractivity contribution in [2.75, 3.05) is 0 Å². The first-order valence-electron chi connectivity index (χ1n) is 1.40. The van der Waals surface area contributed by atoms with E-state index in [9.17, 15) is 0 Å². The van der Waals surface area contributed by atoms with Gasteiger partial charge in [-0.15, -0.1) is 0 Å². The molecule has 4 N–H and O–H groups in total. The van der Waals surface area contributed by atoms with Crippen molar-refractivity contribution in [3.05, 3.63) is 0 Å². The second kappa shape index (κ2) is 9.45. The molecule has 8 nitrogen and oxygen atoms in total. The van der Waals surface area contributed by atoms with E-state index in [1.54, 1.807) is 0 Å². The molecule has 74 valence electrons. The van der Waals surface area contributed by atoms with Crippen LogP contribution in [0, 0.1) is 0 Å². The van der Waals surface area contributed by atoms with E-state index in [0.29, 0.717) is 0 Å². The van der Waals surface area contributed by atoms with Crippen LogP contribution in [0.15, 0.2) is 0 Å². The second-order valence-corrected chi connectivity index (χ2v) is 2.69. The van der Waals surface area contributed by atoms with Crippen molar-refractivity contribution in [1.82, 2.24) is 0 Å². The van der Waals surface area contributed by atoms with Gasteiger partial charge in [0.2, 0.25) is 0 Å². The zero-order valence-corrected chi connectivity index (χ0v) is 7.33. The molecule has 0 saturated carbocycles. The van der Waals surface area contributed by atoms with Gasteiger partial charge < -0.3 is 0 Å². The molecule has 0 aromatic rings. The molecule has 0 rings (SSSR count). The molecule has 12 heavy (non-hydrogen) atoms. The van der Waals surface area contributed by atoms with Crippen LogP contribution in [-0.2, 0) is 37.9 Å². The zero-order valence-electron chi connectivity index (χ0n) is 4.59. The standard InChI is InChI=1S/Fe.K.2H2O4S.H/c;;2*1-5(2,3)4;/h;;2*(H2,1,2,3,4);. The van der Waals surface area contributed by atoms with E-state index in [1.165, 1.54) is 0 Å². The topological polar surface area (TPSA) is 149 Å². The molecule has 0 atom stereocenters. The molecule has 0 aliphatic heterocycles. The van der Waals surface area contributed by atoms with Gasteiger partial charge in [0, 0.05) is 17.1 Å². The van der Waals surface area contributed by atoms with E-state index in [2.05, 4.69) is 0 Å². The quantitative estimate of drug-likeness (QED) is 0.297. The third-order valence-corrected chi connectivity index (χ3v) is 0. The Morgan fingerprint density at radius 2 is 0.667 bits per heavy atom. The average molecular weight is 292 g/mol. The number of hydrogen-bond acceptors (Lipinski definition) is 4. The van der Waals surface area contributed by atoms with Crippen molar-refractivity contribution in [1.29, 1.82) is 0 Å². The molecule has 0 aromatic heterocycles. The molecule has 0 aliphatic carbocycles. The van der Waals surface area contributed by atoms with Crippen LogP contribution in [0.4, 0.5) is 0 Å². The Morgan fingerprint density at radius 1 is 0.667 bits per heavy atom. The fourth-order valence-corrected chi connectivity index (χ4v) is 0. The third-order valence-electron chi connectivity index (χ3n) is 0. The summed E-state index contributed by atoms with van der Waals surface area (Å²) >= 11 is 0. The molecule has 0 aliphatic rings. The van der Waals surface area contributed by atoms with Crippen LogP contribution in [0.2, 0.25) is 0 Å². The van der Waals surface area contributed by atoms with Gasteiger partial charge in [-0.1, -0.05) is 0 Å². The van der Waals surface area contributed by atoms with E-state index in [0.717, 1.165) is 0 Å². The average Bonchev–Trinajstić information content (AvgIpc) is 1.12. The van der Waals surface area contributed by atoms with Crippen molar-refractivity contribution in [2.24, 2.45) is 0 Å². The Labute approximate surface area is 122 Å². The summed E-state index contributed by atoms with van der Waals surface area (Å²) < 4.78 is 63.2. The first-order valence-corrected chi connectivity index (χ1v) is 4.19. The van der Waals surface area contributed by atoms with Crippen LogP contribution in [0.5, 0.6) is 0 Å². The SMILES string of the molecule is O=S(=O)(O)O.O=S(=O)(O)O.[Fe].[KH]. The van der Waals surface area contributed by atoms with Gasteiger partial charge >= 0.3 is 72.2 Å². The third kappa shape index (κ3) is 393. The van der Waals surface area contributed by atoms with E-state index in [-0.39, 0.29) is 68.5 Å². The van der Waals surface area contributed by atoms with Crippen LogP contribution in [0.3, 0.4) is 0 Å². The van der Waals surface area contributed by atoms with Crippen LogP contribution in [-0.4, -0.2) is 86.4 Å². The molecule has 0 amide bonds. The van der Waals surface area contributed by atoms with Crippen LogP contribution < -0.4 is 0 Å². The first-order chi connectivity index (χ1) is 4.00. The molecule has 0 aromatic carbocycles. The molecule has 0 heterocycles. The van der Waals surface area contributed by atoms with Gasteiger partial charge in [0.1, 0.15) is 0 Å². The van der Waals surface area contributed by atoms with Crippen molar-refractivity contribution in [3.63, 3.8) is 0 Å². The van der Waals surface area contributed by atoms with Crippen molar-refractivity contribution < 1.29 is 52.1 Å². The Bertz CT molecular complexity index is 213. The van der Waals surface area contributed by atoms with Gasteiger partial charge in [0.25, 0.3) is 0 Å². The van der Waals surface area contributed by atoms with Crippen LogP contribution >= 0.6 is 0 Å². The summed E-state index contributed by atoms with van der Waals surface area (Å²) in [7, 11) is -9.33. The summed E-state index contributed by atoms with van der Waals surface area (Å²) in [4.78, 5) is 0. The van der Waals surface area contributed by atoms with Gasteiger partial charge in [0.15, 0.2) is 0 Å². The van der Waals surface area contributed by atoms with E-state index in [4.69, 9.17) is 35.0 Å². The van der Waals surface area contributed by atoms with Crippen LogP contribution in [0.25, 0.3) is 0 Å². The minimum absolute atomic E-state index is 0. The van der Waals surface area contributed by atoms with Gasteiger partial charge in [-0.25, -0.2) is 0 Å². The van der Waals surface area contributed by atoms with Crippen molar-refractivity contribution in [3.8, 4) is 0 Å². The van der Waals surface area contributed by atoms with E-state index >= 15 is 0 Å². The Morgan fingerprint density at radius 3 is 0.667 bits per heavy atom. The van der Waals surface area contributed by atoms with Gasteiger partial charge in [-0.05, 0) is 0 Å². The second-order valence-electron chi connectivity index (χ2n) is 0.896. The number of rotatable bonds is 0. The monoisotopic (exact) mass is 292 g/mol. The molecule has 0 saturated heterocycles. The first kappa shape index (κ1) is 23.6. The Hall–Kier alpha value is 1.90. The van der Waals surface area contributed by atoms with Crippen LogP contribution in [0.1, 0.15) is 0 Å². The predicted octanol–water partition coefficient (Wildman–Crippen LogP) is -1.96. The maximum absolute atomic E-state index is 8.74. The molecule has 0 spiro atoms.